The van der Waals surface area contributed by atoms with Gasteiger partial charge in [-0.25, -0.2) is 0 Å². The van der Waals surface area contributed by atoms with Gasteiger partial charge in [0.25, 0.3) is 0 Å². The van der Waals surface area contributed by atoms with Gasteiger partial charge in [0.2, 0.25) is 0 Å². The van der Waals surface area contributed by atoms with E-state index in [1.807, 2.05) is 30.3 Å². The third kappa shape index (κ3) is 1.93. The van der Waals surface area contributed by atoms with Gasteiger partial charge in [-0.3, -0.25) is 4.79 Å². The number of benzene rings is 1. The minimum atomic E-state index is -0.706. The van der Waals surface area contributed by atoms with E-state index in [4.69, 9.17) is 4.74 Å². The van der Waals surface area contributed by atoms with Gasteiger partial charge in [0, 0.05) is 6.61 Å². The van der Waals surface area contributed by atoms with Crippen LogP contribution in [0.4, 0.5) is 0 Å². The number of hydrogen-bond donors (Lipinski definition) is 1. The quantitative estimate of drug-likeness (QED) is 0.887. The van der Waals surface area contributed by atoms with E-state index < -0.39 is 11.4 Å². The molecule has 1 saturated carbocycles. The maximum atomic E-state index is 11.8. The summed E-state index contributed by atoms with van der Waals surface area (Å²) in [6.45, 7) is 0.584. The molecule has 1 aromatic rings. The first-order chi connectivity index (χ1) is 8.72. The lowest BCUT2D eigenvalue weighted by atomic mass is 9.74. The number of carbonyl (C=O) groups is 1. The first-order valence-electron chi connectivity index (χ1n) is 6.61. The predicted octanol–water partition coefficient (Wildman–Crippen LogP) is 2.50. The molecule has 1 aromatic carbocycles. The molecule has 2 atom stereocenters. The molecule has 2 aliphatic rings. The van der Waals surface area contributed by atoms with Gasteiger partial charge < -0.3 is 9.84 Å². The summed E-state index contributed by atoms with van der Waals surface area (Å²) in [7, 11) is 0. The number of aliphatic carboxylic acids is 1. The van der Waals surface area contributed by atoms with Crippen molar-refractivity contribution < 1.29 is 14.6 Å². The third-order valence-corrected chi connectivity index (χ3v) is 4.23. The van der Waals surface area contributed by atoms with Gasteiger partial charge in [-0.2, -0.15) is 0 Å². The number of rotatable bonds is 4. The Labute approximate surface area is 107 Å². The molecule has 3 nitrogen and oxygen atoms in total. The zero-order chi connectivity index (χ0) is 12.6. The highest BCUT2D eigenvalue weighted by Gasteiger charge is 2.55. The van der Waals surface area contributed by atoms with E-state index in [-0.39, 0.29) is 6.10 Å². The van der Waals surface area contributed by atoms with Crippen molar-refractivity contribution in [3.8, 4) is 0 Å². The third-order valence-electron chi connectivity index (χ3n) is 4.23. The first-order valence-corrected chi connectivity index (χ1v) is 6.61. The molecule has 3 heteroatoms. The van der Waals surface area contributed by atoms with Crippen LogP contribution in [0.25, 0.3) is 0 Å². The largest absolute Gasteiger partial charge is 0.481 e. The van der Waals surface area contributed by atoms with Crippen LogP contribution >= 0.6 is 0 Å². The van der Waals surface area contributed by atoms with Crippen LogP contribution in [0.5, 0.6) is 0 Å². The molecule has 1 saturated heterocycles. The van der Waals surface area contributed by atoms with E-state index in [1.165, 1.54) is 0 Å². The summed E-state index contributed by atoms with van der Waals surface area (Å²) in [6, 6.07) is 9.90. The summed E-state index contributed by atoms with van der Waals surface area (Å²) in [5, 5.41) is 9.69. The highest BCUT2D eigenvalue weighted by molar-refractivity contribution is 5.76. The molecule has 0 amide bonds. The number of carboxylic acids is 1. The normalized spacial score (nSPS) is 31.4. The van der Waals surface area contributed by atoms with Crippen LogP contribution in [0.15, 0.2) is 30.3 Å². The van der Waals surface area contributed by atoms with Crippen LogP contribution in [0.3, 0.4) is 0 Å². The second kappa shape index (κ2) is 4.39. The Morgan fingerprint density at radius 1 is 1.33 bits per heavy atom. The molecule has 1 N–H and O–H groups in total. The van der Waals surface area contributed by atoms with E-state index in [0.717, 1.165) is 18.4 Å². The van der Waals surface area contributed by atoms with Crippen molar-refractivity contribution in [2.45, 2.75) is 31.8 Å². The standard InChI is InChI=1S/C15H18O3/c16-14(17)15(10-11-4-2-1-3-5-11)8-9-18-13(15)12-6-7-12/h1-5,12-13H,6-10H2,(H,16,17). The van der Waals surface area contributed by atoms with Gasteiger partial charge in [0.15, 0.2) is 0 Å². The van der Waals surface area contributed by atoms with Crippen LogP contribution in [0, 0.1) is 11.3 Å². The van der Waals surface area contributed by atoms with E-state index >= 15 is 0 Å². The van der Waals surface area contributed by atoms with Crippen molar-refractivity contribution in [2.24, 2.45) is 11.3 Å². The van der Waals surface area contributed by atoms with Gasteiger partial charge >= 0.3 is 5.97 Å². The summed E-state index contributed by atoms with van der Waals surface area (Å²) < 4.78 is 5.75. The highest BCUT2D eigenvalue weighted by atomic mass is 16.5. The minimum absolute atomic E-state index is 0.0878. The molecular weight excluding hydrogens is 228 g/mol. The summed E-state index contributed by atoms with van der Waals surface area (Å²) in [5.74, 6) is -0.229. The van der Waals surface area contributed by atoms with Gasteiger partial charge in [0.05, 0.1) is 6.10 Å². The van der Waals surface area contributed by atoms with Crippen molar-refractivity contribution in [1.29, 1.82) is 0 Å². The van der Waals surface area contributed by atoms with E-state index in [0.29, 0.717) is 25.4 Å². The predicted molar refractivity (Wildman–Crippen MR) is 67.3 cm³/mol. The van der Waals surface area contributed by atoms with Crippen LogP contribution in [0.2, 0.25) is 0 Å². The second-order valence-electron chi connectivity index (χ2n) is 5.50. The summed E-state index contributed by atoms with van der Waals surface area (Å²) >= 11 is 0. The fourth-order valence-electron chi connectivity index (χ4n) is 3.11. The van der Waals surface area contributed by atoms with Gasteiger partial charge in [-0.1, -0.05) is 30.3 Å². The lowest BCUT2D eigenvalue weighted by Crippen LogP contribution is -2.42. The van der Waals surface area contributed by atoms with Crippen molar-refractivity contribution in [1.82, 2.24) is 0 Å². The van der Waals surface area contributed by atoms with Crippen molar-refractivity contribution in [2.75, 3.05) is 6.61 Å². The highest BCUT2D eigenvalue weighted by Crippen LogP contribution is 2.49. The van der Waals surface area contributed by atoms with E-state index in [1.54, 1.807) is 0 Å². The molecule has 2 fully saturated rings. The molecule has 96 valence electrons. The molecule has 0 bridgehead atoms. The molecule has 18 heavy (non-hydrogen) atoms. The van der Waals surface area contributed by atoms with Gasteiger partial charge in [0.1, 0.15) is 5.41 Å². The molecule has 1 heterocycles. The summed E-state index contributed by atoms with van der Waals surface area (Å²) in [4.78, 5) is 11.8. The summed E-state index contributed by atoms with van der Waals surface area (Å²) in [6.07, 6.45) is 3.38. The molecule has 2 unspecified atom stereocenters. The topological polar surface area (TPSA) is 46.5 Å². The Kier molecular flexibility index (Phi) is 2.86. The lowest BCUT2D eigenvalue weighted by molar-refractivity contribution is -0.153. The van der Waals surface area contributed by atoms with Crippen molar-refractivity contribution in [3.63, 3.8) is 0 Å². The molecule has 0 radical (unpaired) electrons. The maximum Gasteiger partial charge on any atom is 0.312 e. The average Bonchev–Trinajstić information content (AvgIpc) is 3.12. The minimum Gasteiger partial charge on any atom is -0.481 e. The fourth-order valence-corrected chi connectivity index (χ4v) is 3.11. The lowest BCUT2D eigenvalue weighted by Gasteiger charge is -2.30. The van der Waals surface area contributed by atoms with Crippen molar-refractivity contribution in [3.05, 3.63) is 35.9 Å². The zero-order valence-corrected chi connectivity index (χ0v) is 10.3. The number of ether oxygens (including phenoxy) is 1. The molecule has 3 rings (SSSR count). The molecule has 1 aliphatic heterocycles. The molecule has 1 aliphatic carbocycles. The Morgan fingerprint density at radius 3 is 2.67 bits per heavy atom. The molecule has 0 spiro atoms. The fraction of sp³-hybridized carbons (Fsp3) is 0.533. The smallest absolute Gasteiger partial charge is 0.312 e. The first kappa shape index (κ1) is 11.7. The van der Waals surface area contributed by atoms with E-state index in [9.17, 15) is 9.90 Å². The van der Waals surface area contributed by atoms with Gasteiger partial charge in [-0.05, 0) is 37.2 Å². The summed E-state index contributed by atoms with van der Waals surface area (Å²) in [5.41, 5.74) is 0.388. The van der Waals surface area contributed by atoms with Crippen LogP contribution in [-0.2, 0) is 16.0 Å². The Balaban J connectivity index is 1.89. The average molecular weight is 246 g/mol. The van der Waals surface area contributed by atoms with Crippen molar-refractivity contribution >= 4 is 5.97 Å². The monoisotopic (exact) mass is 246 g/mol. The van der Waals surface area contributed by atoms with Crippen LogP contribution < -0.4 is 0 Å². The van der Waals surface area contributed by atoms with E-state index in [2.05, 4.69) is 0 Å². The Morgan fingerprint density at radius 2 is 2.06 bits per heavy atom. The van der Waals surface area contributed by atoms with Gasteiger partial charge in [-0.15, -0.1) is 0 Å². The zero-order valence-electron chi connectivity index (χ0n) is 10.3. The number of carboxylic acid groups (broad SMARTS) is 1. The molecule has 0 aromatic heterocycles. The van der Waals surface area contributed by atoms with Crippen LogP contribution in [0.1, 0.15) is 24.8 Å². The SMILES string of the molecule is O=C(O)C1(Cc2ccccc2)CCOC1C1CC1. The maximum absolute atomic E-state index is 11.8. The molecular formula is C15H18O3. The number of hydrogen-bond acceptors (Lipinski definition) is 2. The van der Waals surface area contributed by atoms with Crippen LogP contribution in [-0.4, -0.2) is 23.8 Å². The Hall–Kier alpha value is -1.35. The Bertz CT molecular complexity index is 438. The second-order valence-corrected chi connectivity index (χ2v) is 5.50.